The zero-order valence-corrected chi connectivity index (χ0v) is 18.6. The number of benzene rings is 3. The Bertz CT molecular complexity index is 1180. The van der Waals surface area contributed by atoms with Gasteiger partial charge in [-0.3, -0.25) is 9.10 Å². The number of rotatable bonds is 6. The summed E-state index contributed by atoms with van der Waals surface area (Å²) in [6.45, 7) is 5.22. The van der Waals surface area contributed by atoms with Gasteiger partial charge in [-0.05, 0) is 68.3 Å². The van der Waals surface area contributed by atoms with Crippen molar-refractivity contribution in [2.24, 2.45) is 0 Å². The summed E-state index contributed by atoms with van der Waals surface area (Å²) in [4.78, 5) is 12.9. The molecule has 0 atom stereocenters. The molecule has 0 unspecified atom stereocenters. The van der Waals surface area contributed by atoms with E-state index in [1.807, 2.05) is 32.9 Å². The number of aryl methyl sites for hydroxylation is 3. The molecule has 0 fully saturated rings. The Kier molecular flexibility index (Phi) is 6.48. The van der Waals surface area contributed by atoms with Crippen LogP contribution < -0.4 is 9.62 Å². The lowest BCUT2D eigenvalue weighted by molar-refractivity contribution is -0.114. The van der Waals surface area contributed by atoms with Gasteiger partial charge in [-0.2, -0.15) is 0 Å². The van der Waals surface area contributed by atoms with Gasteiger partial charge in [-0.15, -0.1) is 0 Å². The van der Waals surface area contributed by atoms with Crippen molar-refractivity contribution in [1.29, 1.82) is 0 Å². The fourth-order valence-electron chi connectivity index (χ4n) is 3.02. The van der Waals surface area contributed by atoms with Gasteiger partial charge in [0.25, 0.3) is 10.0 Å². The predicted octanol–water partition coefficient (Wildman–Crippen LogP) is 5.10. The quantitative estimate of drug-likeness (QED) is 0.577. The molecule has 156 valence electrons. The van der Waals surface area contributed by atoms with Crippen LogP contribution in [0.25, 0.3) is 0 Å². The number of anilines is 2. The second-order valence-electron chi connectivity index (χ2n) is 7.17. The molecule has 0 bridgehead atoms. The predicted molar refractivity (Wildman–Crippen MR) is 122 cm³/mol. The molecule has 0 aromatic heterocycles. The molecule has 30 heavy (non-hydrogen) atoms. The van der Waals surface area contributed by atoms with Gasteiger partial charge in [0.2, 0.25) is 5.91 Å². The van der Waals surface area contributed by atoms with Crippen LogP contribution >= 0.6 is 11.6 Å². The van der Waals surface area contributed by atoms with Gasteiger partial charge in [0.05, 0.1) is 10.6 Å². The molecule has 0 saturated carbocycles. The first-order valence-corrected chi connectivity index (χ1v) is 11.2. The van der Waals surface area contributed by atoms with Crippen LogP contribution in [0.1, 0.15) is 16.7 Å². The number of sulfonamides is 1. The highest BCUT2D eigenvalue weighted by atomic mass is 35.5. The van der Waals surface area contributed by atoms with E-state index in [-0.39, 0.29) is 11.4 Å². The van der Waals surface area contributed by atoms with E-state index >= 15 is 0 Å². The minimum Gasteiger partial charge on any atom is -0.324 e. The monoisotopic (exact) mass is 442 g/mol. The summed E-state index contributed by atoms with van der Waals surface area (Å²) in [5.74, 6) is -0.464. The SMILES string of the molecule is Cc1ccc(S(=O)(=O)N(CC(=O)Nc2cccc(Cl)c2)c2cc(C)ccc2C)cc1. The summed E-state index contributed by atoms with van der Waals surface area (Å²) in [6.07, 6.45) is 0. The molecule has 0 saturated heterocycles. The first-order chi connectivity index (χ1) is 14.2. The Hall–Kier alpha value is -2.83. The summed E-state index contributed by atoms with van der Waals surface area (Å²) < 4.78 is 28.1. The molecule has 1 N–H and O–H groups in total. The number of nitrogens with zero attached hydrogens (tertiary/aromatic N) is 1. The minimum absolute atomic E-state index is 0.129. The molecule has 1 amide bonds. The van der Waals surface area contributed by atoms with Crippen molar-refractivity contribution in [2.45, 2.75) is 25.7 Å². The lowest BCUT2D eigenvalue weighted by Gasteiger charge is -2.26. The maximum absolute atomic E-state index is 13.5. The van der Waals surface area contributed by atoms with Crippen molar-refractivity contribution in [2.75, 3.05) is 16.2 Å². The topological polar surface area (TPSA) is 66.5 Å². The molecule has 3 aromatic rings. The van der Waals surface area contributed by atoms with E-state index < -0.39 is 15.9 Å². The smallest absolute Gasteiger partial charge is 0.264 e. The van der Waals surface area contributed by atoms with Crippen LogP contribution in [0.2, 0.25) is 5.02 Å². The zero-order valence-electron chi connectivity index (χ0n) is 17.0. The van der Waals surface area contributed by atoms with Crippen LogP contribution in [0.5, 0.6) is 0 Å². The van der Waals surface area contributed by atoms with Crippen LogP contribution in [-0.4, -0.2) is 20.9 Å². The van der Waals surface area contributed by atoms with E-state index in [4.69, 9.17) is 11.6 Å². The van der Waals surface area contributed by atoms with Gasteiger partial charge >= 0.3 is 0 Å². The van der Waals surface area contributed by atoms with Crippen LogP contribution in [0.15, 0.2) is 71.6 Å². The third-order valence-electron chi connectivity index (χ3n) is 4.64. The molecule has 3 rings (SSSR count). The van der Waals surface area contributed by atoms with Crippen molar-refractivity contribution in [3.63, 3.8) is 0 Å². The molecular weight excluding hydrogens is 420 g/mol. The minimum atomic E-state index is -3.96. The lowest BCUT2D eigenvalue weighted by Crippen LogP contribution is -2.38. The highest BCUT2D eigenvalue weighted by molar-refractivity contribution is 7.92. The first-order valence-electron chi connectivity index (χ1n) is 9.39. The van der Waals surface area contributed by atoms with Crippen LogP contribution in [0.3, 0.4) is 0 Å². The third kappa shape index (κ3) is 5.01. The van der Waals surface area contributed by atoms with Crippen LogP contribution in [-0.2, 0) is 14.8 Å². The summed E-state index contributed by atoms with van der Waals surface area (Å²) in [5.41, 5.74) is 3.57. The first kappa shape index (κ1) is 21.9. The average molecular weight is 443 g/mol. The Balaban J connectivity index is 2.00. The van der Waals surface area contributed by atoms with Gasteiger partial charge in [-0.25, -0.2) is 8.42 Å². The molecule has 3 aromatic carbocycles. The fraction of sp³-hybridized carbons (Fsp3) is 0.174. The number of carbonyl (C=O) groups excluding carboxylic acids is 1. The van der Waals surface area contributed by atoms with E-state index in [0.29, 0.717) is 16.4 Å². The van der Waals surface area contributed by atoms with Crippen LogP contribution in [0, 0.1) is 20.8 Å². The van der Waals surface area contributed by atoms with E-state index in [1.165, 1.54) is 0 Å². The Morgan fingerprint density at radius 1 is 0.933 bits per heavy atom. The number of halogens is 1. The standard InChI is InChI=1S/C23H23ClN2O3S/c1-16-8-11-21(12-9-16)30(28,29)26(22-13-17(2)7-10-18(22)3)15-23(27)25-20-6-4-5-19(24)14-20/h4-14H,15H2,1-3H3,(H,25,27). The Morgan fingerprint density at radius 3 is 2.27 bits per heavy atom. The molecule has 0 aliphatic heterocycles. The number of nitrogens with one attached hydrogen (secondary N) is 1. The molecule has 0 aliphatic carbocycles. The molecule has 5 nitrogen and oxygen atoms in total. The highest BCUT2D eigenvalue weighted by Gasteiger charge is 2.28. The van der Waals surface area contributed by atoms with E-state index in [9.17, 15) is 13.2 Å². The maximum Gasteiger partial charge on any atom is 0.264 e. The van der Waals surface area contributed by atoms with Crippen LogP contribution in [0.4, 0.5) is 11.4 Å². The average Bonchev–Trinajstić information content (AvgIpc) is 2.68. The summed E-state index contributed by atoms with van der Waals surface area (Å²) in [6, 6.07) is 18.8. The molecule has 7 heteroatoms. The molecular formula is C23H23ClN2O3S. The van der Waals surface area contributed by atoms with Crippen molar-refractivity contribution >= 4 is 38.9 Å². The maximum atomic E-state index is 13.5. The fourth-order valence-corrected chi connectivity index (χ4v) is 4.69. The number of carbonyl (C=O) groups is 1. The number of hydrogen-bond donors (Lipinski definition) is 1. The van der Waals surface area contributed by atoms with Gasteiger partial charge in [0.15, 0.2) is 0 Å². The van der Waals surface area contributed by atoms with E-state index in [0.717, 1.165) is 21.0 Å². The normalized spacial score (nSPS) is 11.2. The van der Waals surface area contributed by atoms with Gasteiger partial charge in [-0.1, -0.05) is 47.5 Å². The van der Waals surface area contributed by atoms with E-state index in [2.05, 4.69) is 5.32 Å². The van der Waals surface area contributed by atoms with Crippen molar-refractivity contribution in [3.05, 3.63) is 88.4 Å². The van der Waals surface area contributed by atoms with Crippen molar-refractivity contribution < 1.29 is 13.2 Å². The van der Waals surface area contributed by atoms with Gasteiger partial charge < -0.3 is 5.32 Å². The highest BCUT2D eigenvalue weighted by Crippen LogP contribution is 2.28. The largest absolute Gasteiger partial charge is 0.324 e. The Morgan fingerprint density at radius 2 is 1.60 bits per heavy atom. The van der Waals surface area contributed by atoms with Gasteiger partial charge in [0.1, 0.15) is 6.54 Å². The Labute approximate surface area is 182 Å². The van der Waals surface area contributed by atoms with Crippen molar-refractivity contribution in [1.82, 2.24) is 0 Å². The van der Waals surface area contributed by atoms with Gasteiger partial charge in [0, 0.05) is 10.7 Å². The molecule has 0 heterocycles. The van der Waals surface area contributed by atoms with Crippen molar-refractivity contribution in [3.8, 4) is 0 Å². The third-order valence-corrected chi connectivity index (χ3v) is 6.65. The summed E-state index contributed by atoms with van der Waals surface area (Å²) >= 11 is 5.98. The number of amides is 1. The molecule has 0 radical (unpaired) electrons. The van der Waals surface area contributed by atoms with E-state index in [1.54, 1.807) is 54.6 Å². The molecule has 0 aliphatic rings. The molecule has 0 spiro atoms. The second-order valence-corrected chi connectivity index (χ2v) is 9.47. The lowest BCUT2D eigenvalue weighted by atomic mass is 10.1. The zero-order chi connectivity index (χ0) is 21.9. The number of hydrogen-bond acceptors (Lipinski definition) is 3. The summed E-state index contributed by atoms with van der Waals surface area (Å²) in [7, 11) is -3.96. The summed E-state index contributed by atoms with van der Waals surface area (Å²) in [5, 5.41) is 3.20. The second kappa shape index (κ2) is 8.90.